The van der Waals surface area contributed by atoms with E-state index in [0.29, 0.717) is 12.2 Å². The molecule has 1 aromatic rings. The maximum atomic E-state index is 11.0. The first-order chi connectivity index (χ1) is 6.47. The van der Waals surface area contributed by atoms with Gasteiger partial charge >= 0.3 is 6.56 Å². The fourth-order valence-corrected chi connectivity index (χ4v) is 1.38. The lowest BCUT2D eigenvalue weighted by Crippen LogP contribution is -2.21. The van der Waals surface area contributed by atoms with Gasteiger partial charge in [-0.3, -0.25) is 4.79 Å². The van der Waals surface area contributed by atoms with Crippen molar-refractivity contribution in [1.29, 1.82) is 0 Å². The van der Waals surface area contributed by atoms with Crippen molar-refractivity contribution in [3.63, 3.8) is 0 Å². The Hall–Kier alpha value is -1.01. The van der Waals surface area contributed by atoms with Crippen LogP contribution in [0.3, 0.4) is 0 Å². The van der Waals surface area contributed by atoms with E-state index < -0.39 is 14.7 Å². The number of anilines is 1. The molecule has 0 bridgehead atoms. The SMILES string of the molecule is O=C([B]S(=O)(=O)Cl)Nc1ccccc1. The van der Waals surface area contributed by atoms with Crippen LogP contribution in [0.4, 0.5) is 10.5 Å². The second-order valence-electron chi connectivity index (χ2n) is 2.45. The number of carbonyl (C=O) groups excluding carboxylic acids is 1. The Morgan fingerprint density at radius 3 is 2.36 bits per heavy atom. The number of carbonyl (C=O) groups is 1. The van der Waals surface area contributed by atoms with Gasteiger partial charge in [0.1, 0.15) is 0 Å². The highest BCUT2D eigenvalue weighted by Crippen LogP contribution is 2.05. The number of amides is 1. The monoisotopic (exact) mass is 230 g/mol. The smallest absolute Gasteiger partial charge is 0.334 e. The lowest BCUT2D eigenvalue weighted by Gasteiger charge is -2.01. The molecule has 1 radical (unpaired) electrons. The van der Waals surface area contributed by atoms with E-state index >= 15 is 0 Å². The van der Waals surface area contributed by atoms with Gasteiger partial charge in [-0.05, 0) is 12.1 Å². The predicted molar refractivity (Wildman–Crippen MR) is 56.0 cm³/mol. The summed E-state index contributed by atoms with van der Waals surface area (Å²) in [6.45, 7) is 0.418. The van der Waals surface area contributed by atoms with Crippen molar-refractivity contribution in [2.75, 3.05) is 5.32 Å². The number of hydrogen-bond acceptors (Lipinski definition) is 3. The summed E-state index contributed by atoms with van der Waals surface area (Å²) in [5.74, 6) is -0.772. The Kier molecular flexibility index (Phi) is 3.54. The molecule has 0 heterocycles. The van der Waals surface area contributed by atoms with Crippen molar-refractivity contribution >= 4 is 37.6 Å². The summed E-state index contributed by atoms with van der Waals surface area (Å²) in [5.41, 5.74) is 0.508. The summed E-state index contributed by atoms with van der Waals surface area (Å²) in [6.07, 6.45) is 0. The van der Waals surface area contributed by atoms with Crippen LogP contribution in [0.1, 0.15) is 0 Å². The van der Waals surface area contributed by atoms with Crippen molar-refractivity contribution in [2.24, 2.45) is 0 Å². The van der Waals surface area contributed by atoms with E-state index in [1.165, 1.54) is 0 Å². The zero-order valence-electron chi connectivity index (χ0n) is 6.98. The van der Waals surface area contributed by atoms with E-state index in [9.17, 15) is 13.2 Å². The van der Waals surface area contributed by atoms with Crippen molar-refractivity contribution in [1.82, 2.24) is 0 Å². The summed E-state index contributed by atoms with van der Waals surface area (Å²) in [6, 6.07) is 8.46. The second-order valence-corrected chi connectivity index (χ2v) is 4.93. The standard InChI is InChI=1S/C7H6BClNO3S/c9-14(12,13)8-7(11)10-6-4-2-1-3-5-6/h1-5H,(H,10,11). The van der Waals surface area contributed by atoms with Gasteiger partial charge in [0.25, 0.3) is 0 Å². The van der Waals surface area contributed by atoms with Crippen LogP contribution < -0.4 is 5.32 Å². The van der Waals surface area contributed by atoms with E-state index in [4.69, 9.17) is 10.7 Å². The number of nitrogens with one attached hydrogen (secondary N) is 1. The lowest BCUT2D eigenvalue weighted by atomic mass is 10.1. The topological polar surface area (TPSA) is 63.2 Å². The van der Waals surface area contributed by atoms with E-state index in [2.05, 4.69) is 5.32 Å². The molecule has 0 spiro atoms. The van der Waals surface area contributed by atoms with Gasteiger partial charge in [0, 0.05) is 16.4 Å². The third-order valence-corrected chi connectivity index (χ3v) is 2.05. The molecule has 0 aliphatic heterocycles. The molecule has 73 valence electrons. The minimum Gasteiger partial charge on any atom is -0.334 e. The van der Waals surface area contributed by atoms with Gasteiger partial charge in [0.05, 0.1) is 0 Å². The average Bonchev–Trinajstić information content (AvgIpc) is 2.02. The molecule has 0 saturated heterocycles. The van der Waals surface area contributed by atoms with E-state index in [1.807, 2.05) is 0 Å². The van der Waals surface area contributed by atoms with E-state index in [0.717, 1.165) is 0 Å². The predicted octanol–water partition coefficient (Wildman–Crippen LogP) is 1.41. The molecule has 1 N–H and O–H groups in total. The highest BCUT2D eigenvalue weighted by molar-refractivity contribution is 8.34. The van der Waals surface area contributed by atoms with Gasteiger partial charge < -0.3 is 5.32 Å². The normalized spacial score (nSPS) is 10.6. The molecular weight excluding hydrogens is 224 g/mol. The molecule has 0 aliphatic rings. The number of para-hydroxylation sites is 1. The third-order valence-electron chi connectivity index (χ3n) is 1.29. The molecule has 4 nitrogen and oxygen atoms in total. The molecule has 0 aromatic heterocycles. The van der Waals surface area contributed by atoms with Crippen LogP contribution in [0.15, 0.2) is 30.3 Å². The van der Waals surface area contributed by atoms with Crippen LogP contribution >= 0.6 is 10.7 Å². The molecule has 1 aromatic carbocycles. The Morgan fingerprint density at radius 1 is 1.29 bits per heavy atom. The third kappa shape index (κ3) is 4.29. The van der Waals surface area contributed by atoms with Crippen LogP contribution in [0.25, 0.3) is 0 Å². The van der Waals surface area contributed by atoms with Gasteiger partial charge in [-0.2, -0.15) is 0 Å². The molecule has 0 aliphatic carbocycles. The van der Waals surface area contributed by atoms with Gasteiger partial charge in [0.15, 0.2) is 14.7 Å². The first kappa shape index (κ1) is 11.1. The number of benzene rings is 1. The van der Waals surface area contributed by atoms with Gasteiger partial charge in [0.2, 0.25) is 0 Å². The Bertz CT molecular complexity index is 420. The van der Waals surface area contributed by atoms with E-state index in [-0.39, 0.29) is 0 Å². The molecular formula is C7H6BClNO3S. The summed E-state index contributed by atoms with van der Waals surface area (Å²) < 4.78 is 21.0. The lowest BCUT2D eigenvalue weighted by molar-refractivity contribution is 0.268. The summed E-state index contributed by atoms with van der Waals surface area (Å²) >= 11 is 0. The largest absolute Gasteiger partial charge is 0.416 e. The highest BCUT2D eigenvalue weighted by Gasteiger charge is 2.17. The van der Waals surface area contributed by atoms with Gasteiger partial charge in [-0.15, -0.1) is 0 Å². The van der Waals surface area contributed by atoms with Crippen LogP contribution in [0.2, 0.25) is 0 Å². The fourth-order valence-electron chi connectivity index (χ4n) is 0.821. The van der Waals surface area contributed by atoms with Crippen molar-refractivity contribution in [2.45, 2.75) is 0 Å². The average molecular weight is 230 g/mol. The van der Waals surface area contributed by atoms with E-state index in [1.54, 1.807) is 30.3 Å². The molecule has 14 heavy (non-hydrogen) atoms. The maximum Gasteiger partial charge on any atom is 0.416 e. The Labute approximate surface area is 86.8 Å². The minimum atomic E-state index is -3.91. The Balaban J connectivity index is 2.59. The second kappa shape index (κ2) is 4.48. The summed E-state index contributed by atoms with van der Waals surface area (Å²) in [7, 11) is 0.942. The summed E-state index contributed by atoms with van der Waals surface area (Å²) in [5, 5.41) is 2.34. The maximum absolute atomic E-state index is 11.0. The number of halogens is 1. The van der Waals surface area contributed by atoms with Crippen molar-refractivity contribution < 1.29 is 13.2 Å². The van der Waals surface area contributed by atoms with Gasteiger partial charge in [-0.1, -0.05) is 18.2 Å². The number of hydrogen-bond donors (Lipinski definition) is 1. The van der Waals surface area contributed by atoms with Crippen LogP contribution in [-0.2, 0) is 8.90 Å². The first-order valence-electron chi connectivity index (χ1n) is 3.63. The quantitative estimate of drug-likeness (QED) is 0.631. The van der Waals surface area contributed by atoms with Gasteiger partial charge in [-0.25, -0.2) is 8.42 Å². The fraction of sp³-hybridized carbons (Fsp3) is 0. The van der Waals surface area contributed by atoms with Crippen LogP contribution in [-0.4, -0.2) is 20.8 Å². The molecule has 1 amide bonds. The number of rotatable bonds is 3. The molecule has 1 rings (SSSR count). The Morgan fingerprint density at radius 2 is 1.86 bits per heavy atom. The highest BCUT2D eigenvalue weighted by atomic mass is 35.7. The first-order valence-corrected chi connectivity index (χ1v) is 6.00. The molecule has 0 atom stereocenters. The van der Waals surface area contributed by atoms with Crippen LogP contribution in [0, 0.1) is 0 Å². The summed E-state index contributed by atoms with van der Waals surface area (Å²) in [4.78, 5) is 11.0. The minimum absolute atomic E-state index is 0.418. The molecule has 0 saturated carbocycles. The molecule has 0 fully saturated rings. The molecule has 7 heteroatoms. The van der Waals surface area contributed by atoms with Crippen LogP contribution in [0.5, 0.6) is 0 Å². The zero-order valence-corrected chi connectivity index (χ0v) is 8.55. The zero-order chi connectivity index (χ0) is 10.6. The van der Waals surface area contributed by atoms with Crippen molar-refractivity contribution in [3.05, 3.63) is 30.3 Å². The molecule has 0 unspecified atom stereocenters. The van der Waals surface area contributed by atoms with Crippen molar-refractivity contribution in [3.8, 4) is 0 Å².